The quantitative estimate of drug-likeness (QED) is 0.456. The minimum Gasteiger partial charge on any atom is -0.497 e. The zero-order valence-corrected chi connectivity index (χ0v) is 19.4. The van der Waals surface area contributed by atoms with Crippen molar-refractivity contribution in [3.63, 3.8) is 0 Å². The average Bonchev–Trinajstić information content (AvgIpc) is 2.85. The van der Waals surface area contributed by atoms with Gasteiger partial charge in [0.15, 0.2) is 0 Å². The summed E-state index contributed by atoms with van der Waals surface area (Å²) in [5, 5.41) is 11.2. The third-order valence-electron chi connectivity index (χ3n) is 5.77. The molecule has 2 heterocycles. The fraction of sp³-hybridized carbons (Fsp3) is 0.154. The van der Waals surface area contributed by atoms with Crippen LogP contribution in [0.5, 0.6) is 5.75 Å². The number of anilines is 2. The van der Waals surface area contributed by atoms with Crippen molar-refractivity contribution in [2.75, 3.05) is 23.9 Å². The zero-order valence-electron chi connectivity index (χ0n) is 19.4. The summed E-state index contributed by atoms with van der Waals surface area (Å²) in [7, 11) is 1.56. The van der Waals surface area contributed by atoms with Crippen molar-refractivity contribution in [2.24, 2.45) is 5.73 Å². The van der Waals surface area contributed by atoms with Gasteiger partial charge in [0, 0.05) is 41.4 Å². The Hall–Kier alpha value is -4.66. The molecular weight excluding hydrogens is 446 g/mol. The molecule has 0 unspecified atom stereocenters. The summed E-state index contributed by atoms with van der Waals surface area (Å²) in [4.78, 5) is 39.1. The molecular formula is C26H25N5O4. The van der Waals surface area contributed by atoms with Gasteiger partial charge in [-0.3, -0.25) is 24.4 Å². The van der Waals surface area contributed by atoms with Gasteiger partial charge < -0.3 is 20.7 Å². The number of nitrogens with one attached hydrogen (secondary N) is 2. The molecule has 9 nitrogen and oxygen atoms in total. The highest BCUT2D eigenvalue weighted by Crippen LogP contribution is 2.28. The monoisotopic (exact) mass is 471 g/mol. The van der Waals surface area contributed by atoms with E-state index < -0.39 is 17.5 Å². The van der Waals surface area contributed by atoms with E-state index in [1.807, 2.05) is 13.0 Å². The van der Waals surface area contributed by atoms with Gasteiger partial charge in [0.25, 0.3) is 17.4 Å². The first-order chi connectivity index (χ1) is 16.8. The molecule has 35 heavy (non-hydrogen) atoms. The summed E-state index contributed by atoms with van der Waals surface area (Å²) in [5.74, 6) is -0.643. The van der Waals surface area contributed by atoms with E-state index >= 15 is 0 Å². The summed E-state index contributed by atoms with van der Waals surface area (Å²) in [5.41, 5.74) is 7.95. The molecule has 0 saturated carbocycles. The van der Waals surface area contributed by atoms with Crippen LogP contribution in [0.3, 0.4) is 0 Å². The Labute approximate surface area is 201 Å². The summed E-state index contributed by atoms with van der Waals surface area (Å²) in [6.07, 6.45) is 1.98. The number of benzene rings is 2. The van der Waals surface area contributed by atoms with Crippen LogP contribution in [-0.2, 0) is 9.59 Å². The number of nitrogens with zero attached hydrogens (tertiary/aromatic N) is 2. The number of aromatic nitrogens is 1. The lowest BCUT2D eigenvalue weighted by molar-refractivity contribution is -0.115. The van der Waals surface area contributed by atoms with E-state index in [2.05, 4.69) is 5.32 Å². The average molecular weight is 472 g/mol. The van der Waals surface area contributed by atoms with Gasteiger partial charge in [-0.05, 0) is 73.5 Å². The van der Waals surface area contributed by atoms with Crippen LogP contribution in [0, 0.1) is 12.3 Å². The zero-order chi connectivity index (χ0) is 25.1. The minimum absolute atomic E-state index is 0.115. The second kappa shape index (κ2) is 9.68. The van der Waals surface area contributed by atoms with Crippen LogP contribution in [-0.4, -0.2) is 35.7 Å². The molecule has 0 aliphatic carbocycles. The van der Waals surface area contributed by atoms with Crippen LogP contribution in [0.15, 0.2) is 82.9 Å². The van der Waals surface area contributed by atoms with E-state index in [1.165, 1.54) is 4.57 Å². The van der Waals surface area contributed by atoms with Gasteiger partial charge in [-0.15, -0.1) is 0 Å². The van der Waals surface area contributed by atoms with Crippen LogP contribution < -0.4 is 26.2 Å². The number of carbonyl (C=O) groups is 2. The number of rotatable bonds is 7. The Balaban J connectivity index is 1.66. The molecule has 0 radical (unpaired) electrons. The molecule has 178 valence electrons. The Morgan fingerprint density at radius 3 is 2.29 bits per heavy atom. The Morgan fingerprint density at radius 2 is 1.69 bits per heavy atom. The number of pyridine rings is 1. The third kappa shape index (κ3) is 4.84. The first-order valence-electron chi connectivity index (χ1n) is 10.9. The highest BCUT2D eigenvalue weighted by atomic mass is 16.5. The van der Waals surface area contributed by atoms with Crippen molar-refractivity contribution >= 4 is 28.9 Å². The van der Waals surface area contributed by atoms with Gasteiger partial charge in [-0.25, -0.2) is 0 Å². The van der Waals surface area contributed by atoms with Crippen molar-refractivity contribution < 1.29 is 14.3 Å². The number of aryl methyl sites for hydroxylation is 1. The number of ether oxygens (including phenoxy) is 1. The maximum Gasteiger partial charge on any atom is 0.275 e. The van der Waals surface area contributed by atoms with Gasteiger partial charge in [0.2, 0.25) is 0 Å². The van der Waals surface area contributed by atoms with Crippen molar-refractivity contribution in [3.05, 3.63) is 94.0 Å². The van der Waals surface area contributed by atoms with E-state index in [0.717, 1.165) is 5.56 Å². The second-order valence-electron chi connectivity index (χ2n) is 8.08. The molecule has 0 spiro atoms. The predicted molar refractivity (Wildman–Crippen MR) is 134 cm³/mol. The van der Waals surface area contributed by atoms with Gasteiger partial charge in [-0.1, -0.05) is 0 Å². The van der Waals surface area contributed by atoms with E-state index in [-0.39, 0.29) is 29.8 Å². The Bertz CT molecular complexity index is 1390. The van der Waals surface area contributed by atoms with Crippen LogP contribution in [0.1, 0.15) is 12.0 Å². The molecule has 2 amide bonds. The molecule has 0 bridgehead atoms. The van der Waals surface area contributed by atoms with E-state index in [9.17, 15) is 14.4 Å². The first-order valence-corrected chi connectivity index (χ1v) is 10.9. The normalized spacial score (nSPS) is 13.5. The number of hydrogen-bond acceptors (Lipinski definition) is 6. The molecule has 0 fully saturated rings. The van der Waals surface area contributed by atoms with Crippen LogP contribution in [0.25, 0.3) is 5.69 Å². The Kier molecular flexibility index (Phi) is 6.50. The Morgan fingerprint density at radius 1 is 1.03 bits per heavy atom. The lowest BCUT2D eigenvalue weighted by Crippen LogP contribution is -2.42. The largest absolute Gasteiger partial charge is 0.497 e. The van der Waals surface area contributed by atoms with Crippen molar-refractivity contribution in [1.29, 1.82) is 5.41 Å². The summed E-state index contributed by atoms with van der Waals surface area (Å²) in [6.45, 7) is 2.12. The highest BCUT2D eigenvalue weighted by Gasteiger charge is 2.31. The molecule has 4 N–H and O–H groups in total. The molecule has 0 saturated heterocycles. The van der Waals surface area contributed by atoms with E-state index in [1.54, 1.807) is 72.8 Å². The van der Waals surface area contributed by atoms with Gasteiger partial charge in [-0.2, -0.15) is 0 Å². The molecule has 2 aromatic carbocycles. The highest BCUT2D eigenvalue weighted by molar-refractivity contribution is 6.44. The number of hydrogen-bond donors (Lipinski definition) is 3. The molecule has 9 heteroatoms. The van der Waals surface area contributed by atoms with Gasteiger partial charge in [0.1, 0.15) is 17.2 Å². The summed E-state index contributed by atoms with van der Waals surface area (Å²) >= 11 is 0. The maximum absolute atomic E-state index is 13.5. The summed E-state index contributed by atoms with van der Waals surface area (Å²) < 4.78 is 6.69. The van der Waals surface area contributed by atoms with Crippen LogP contribution in [0.2, 0.25) is 0 Å². The number of primary amides is 1. The molecule has 4 rings (SSSR count). The lowest BCUT2D eigenvalue weighted by Gasteiger charge is -2.31. The molecule has 0 atom stereocenters. The number of carbonyl (C=O) groups excluding carboxylic acids is 2. The van der Waals surface area contributed by atoms with Crippen molar-refractivity contribution in [3.8, 4) is 11.4 Å². The second-order valence-corrected chi connectivity index (χ2v) is 8.08. The van der Waals surface area contributed by atoms with Gasteiger partial charge in [0.05, 0.1) is 7.11 Å². The first kappa shape index (κ1) is 23.5. The lowest BCUT2D eigenvalue weighted by atomic mass is 9.98. The van der Waals surface area contributed by atoms with Crippen molar-refractivity contribution in [2.45, 2.75) is 13.3 Å². The number of nitrogens with two attached hydrogens (primary N) is 1. The van der Waals surface area contributed by atoms with Gasteiger partial charge >= 0.3 is 0 Å². The smallest absolute Gasteiger partial charge is 0.275 e. The maximum atomic E-state index is 13.5. The predicted octanol–water partition coefficient (Wildman–Crippen LogP) is 2.76. The van der Waals surface area contributed by atoms with E-state index in [4.69, 9.17) is 15.9 Å². The summed E-state index contributed by atoms with van der Waals surface area (Å²) in [6, 6.07) is 17.4. The number of amides is 2. The fourth-order valence-electron chi connectivity index (χ4n) is 3.89. The molecule has 1 aromatic heterocycles. The molecule has 1 aliphatic rings. The fourth-order valence-corrected chi connectivity index (χ4v) is 3.89. The number of methoxy groups -OCH3 is 1. The minimum atomic E-state index is -0.900. The standard InChI is InChI=1S/C26H25N5O4/c1-16-11-13-30(22(32)15-16)18-5-7-19(8-6-18)31-14-12-21(23(27)25(28)33)24(26(31)34)29-17-3-9-20(35-2)10-4-17/h3-11,13,15,27,29H,12,14H2,1-2H3,(H2,28,33). The SMILES string of the molecule is COc1ccc(NC2=C(C(=N)C(N)=O)CCN(c3ccc(-n4ccc(C)cc4=O)cc3)C2=O)cc1. The topological polar surface area (TPSA) is 131 Å². The molecule has 1 aliphatic heterocycles. The molecule has 3 aromatic rings. The third-order valence-corrected chi connectivity index (χ3v) is 5.77. The van der Waals surface area contributed by atoms with E-state index in [0.29, 0.717) is 22.8 Å². The van der Waals surface area contributed by atoms with Crippen LogP contribution in [0.4, 0.5) is 11.4 Å². The van der Waals surface area contributed by atoms with Crippen molar-refractivity contribution in [1.82, 2.24) is 4.57 Å². The van der Waals surface area contributed by atoms with Crippen LogP contribution >= 0.6 is 0 Å².